The average molecular weight is 333 g/mol. The smallest absolute Gasteiger partial charge is 0.117 e. The van der Waals surface area contributed by atoms with E-state index in [1.807, 2.05) is 67.9 Å². The molecule has 1 aromatic heterocycles. The first-order chi connectivity index (χ1) is 10.6. The molecule has 22 heavy (non-hydrogen) atoms. The lowest BCUT2D eigenvalue weighted by molar-refractivity contribution is 0.319. The van der Waals surface area contributed by atoms with Crippen molar-refractivity contribution < 1.29 is 5.21 Å². The summed E-state index contributed by atoms with van der Waals surface area (Å²) in [6.45, 7) is 0. The fourth-order valence-corrected chi connectivity index (χ4v) is 2.97. The van der Waals surface area contributed by atoms with Gasteiger partial charge in [0.2, 0.25) is 0 Å². The molecule has 116 valence electrons. The first-order valence-corrected chi connectivity index (χ1v) is 9.14. The topological polar surface area (TPSA) is 48.7 Å². The van der Waals surface area contributed by atoms with Crippen LogP contribution in [0.1, 0.15) is 11.1 Å². The van der Waals surface area contributed by atoms with Crippen LogP contribution in [0.25, 0.3) is 0 Å². The Hall–Kier alpha value is -1.66. The molecule has 0 saturated heterocycles. The van der Waals surface area contributed by atoms with Crippen molar-refractivity contribution in [3.05, 3.63) is 47.5 Å². The maximum atomic E-state index is 9.53. The largest absolute Gasteiger partial charge is 0.410 e. The summed E-state index contributed by atoms with van der Waals surface area (Å²) in [4.78, 5) is 6.53. The van der Waals surface area contributed by atoms with Crippen LogP contribution in [-0.4, -0.2) is 42.5 Å². The molecule has 6 heteroatoms. The molecule has 0 atom stereocenters. The lowest BCUT2D eigenvalue weighted by Gasteiger charge is -2.14. The molecule has 1 N–H and O–H groups in total. The normalized spacial score (nSPS) is 11.5. The number of hydrogen-bond acceptors (Lipinski definition) is 6. The standard InChI is InChI=1S/C16H19N3OS2/c1-19(2)13-7-5-6-11(8-13)16(18-20)12-9-14(21-3)17-15(10-12)22-4/h5-10,20H,1-4H3. The average Bonchev–Trinajstić information content (AvgIpc) is 2.55. The third-order valence-electron chi connectivity index (χ3n) is 3.21. The molecule has 0 amide bonds. The highest BCUT2D eigenvalue weighted by atomic mass is 32.2. The molecule has 0 aliphatic carbocycles. The van der Waals surface area contributed by atoms with Crippen LogP contribution in [0, 0.1) is 0 Å². The van der Waals surface area contributed by atoms with Gasteiger partial charge in [-0.25, -0.2) is 4.98 Å². The number of anilines is 1. The van der Waals surface area contributed by atoms with Gasteiger partial charge in [-0.15, -0.1) is 23.5 Å². The quantitative estimate of drug-likeness (QED) is 0.390. The molecular formula is C16H19N3OS2. The summed E-state index contributed by atoms with van der Waals surface area (Å²) < 4.78 is 0. The molecule has 0 saturated carbocycles. The fourth-order valence-electron chi connectivity index (χ4n) is 2.04. The van der Waals surface area contributed by atoms with Crippen LogP contribution in [0.3, 0.4) is 0 Å². The van der Waals surface area contributed by atoms with E-state index in [2.05, 4.69) is 10.1 Å². The van der Waals surface area contributed by atoms with Crippen molar-refractivity contribution in [3.63, 3.8) is 0 Å². The summed E-state index contributed by atoms with van der Waals surface area (Å²) in [6, 6.07) is 11.8. The molecule has 0 radical (unpaired) electrons. The first kappa shape index (κ1) is 16.7. The van der Waals surface area contributed by atoms with Gasteiger partial charge in [0.25, 0.3) is 0 Å². The van der Waals surface area contributed by atoms with Crippen LogP contribution in [0.5, 0.6) is 0 Å². The Morgan fingerprint density at radius 2 is 1.68 bits per heavy atom. The second kappa shape index (κ2) is 7.56. The summed E-state index contributed by atoms with van der Waals surface area (Å²) in [6.07, 6.45) is 3.97. The van der Waals surface area contributed by atoms with E-state index in [4.69, 9.17) is 0 Å². The second-order valence-corrected chi connectivity index (χ2v) is 6.49. The van der Waals surface area contributed by atoms with Crippen molar-refractivity contribution in [3.8, 4) is 0 Å². The number of pyridine rings is 1. The predicted octanol–water partition coefficient (Wildman–Crippen LogP) is 3.82. The van der Waals surface area contributed by atoms with Crippen LogP contribution in [0.2, 0.25) is 0 Å². The van der Waals surface area contributed by atoms with Gasteiger partial charge < -0.3 is 10.1 Å². The van der Waals surface area contributed by atoms with E-state index >= 15 is 0 Å². The number of nitrogens with zero attached hydrogens (tertiary/aromatic N) is 3. The van der Waals surface area contributed by atoms with Crippen molar-refractivity contribution >= 4 is 34.9 Å². The number of aromatic nitrogens is 1. The minimum absolute atomic E-state index is 0.553. The molecule has 0 unspecified atom stereocenters. The highest BCUT2D eigenvalue weighted by molar-refractivity contribution is 7.99. The van der Waals surface area contributed by atoms with Crippen molar-refractivity contribution in [1.29, 1.82) is 0 Å². The summed E-state index contributed by atoms with van der Waals surface area (Å²) in [5.41, 5.74) is 3.35. The Balaban J connectivity index is 2.51. The van der Waals surface area contributed by atoms with Gasteiger partial charge >= 0.3 is 0 Å². The zero-order valence-electron chi connectivity index (χ0n) is 13.1. The molecule has 1 heterocycles. The lowest BCUT2D eigenvalue weighted by Crippen LogP contribution is -2.11. The van der Waals surface area contributed by atoms with Gasteiger partial charge in [0.05, 0.1) is 10.1 Å². The Morgan fingerprint density at radius 3 is 2.18 bits per heavy atom. The zero-order valence-corrected chi connectivity index (χ0v) is 14.7. The summed E-state index contributed by atoms with van der Waals surface area (Å²) in [5.74, 6) is 0. The summed E-state index contributed by atoms with van der Waals surface area (Å²) in [5, 5.41) is 14.9. The van der Waals surface area contributed by atoms with Crippen molar-refractivity contribution in [2.24, 2.45) is 5.16 Å². The summed E-state index contributed by atoms with van der Waals surface area (Å²) >= 11 is 3.15. The number of hydrogen-bond donors (Lipinski definition) is 1. The van der Waals surface area contributed by atoms with E-state index in [0.717, 1.165) is 26.9 Å². The van der Waals surface area contributed by atoms with Crippen molar-refractivity contribution in [2.75, 3.05) is 31.5 Å². The predicted molar refractivity (Wildman–Crippen MR) is 96.0 cm³/mol. The minimum Gasteiger partial charge on any atom is -0.410 e. The molecule has 0 fully saturated rings. The van der Waals surface area contributed by atoms with Gasteiger partial charge in [-0.2, -0.15) is 0 Å². The van der Waals surface area contributed by atoms with Crippen LogP contribution in [0.15, 0.2) is 51.6 Å². The zero-order chi connectivity index (χ0) is 16.1. The highest BCUT2D eigenvalue weighted by Gasteiger charge is 2.12. The lowest BCUT2D eigenvalue weighted by atomic mass is 10.0. The SMILES string of the molecule is CSc1cc(C(=NO)c2cccc(N(C)C)c2)cc(SC)n1. The van der Waals surface area contributed by atoms with Gasteiger partial charge in [0.15, 0.2) is 0 Å². The van der Waals surface area contributed by atoms with Crippen molar-refractivity contribution in [1.82, 2.24) is 4.98 Å². The first-order valence-electron chi connectivity index (χ1n) is 6.69. The second-order valence-electron chi connectivity index (χ2n) is 4.83. The van der Waals surface area contributed by atoms with Crippen LogP contribution in [0.4, 0.5) is 5.69 Å². The monoisotopic (exact) mass is 333 g/mol. The van der Waals surface area contributed by atoms with Crippen molar-refractivity contribution in [2.45, 2.75) is 10.1 Å². The molecule has 1 aromatic carbocycles. The third-order valence-corrected chi connectivity index (χ3v) is 4.46. The highest BCUT2D eigenvalue weighted by Crippen LogP contribution is 2.24. The maximum absolute atomic E-state index is 9.53. The van der Waals surface area contributed by atoms with Crippen LogP contribution >= 0.6 is 23.5 Å². The Morgan fingerprint density at radius 1 is 1.05 bits per heavy atom. The molecule has 0 aliphatic heterocycles. The van der Waals surface area contributed by atoms with Gasteiger partial charge in [-0.3, -0.25) is 0 Å². The Labute approximate surface area is 139 Å². The van der Waals surface area contributed by atoms with E-state index in [0.29, 0.717) is 5.71 Å². The molecule has 2 rings (SSSR count). The van der Waals surface area contributed by atoms with Gasteiger partial charge in [-0.05, 0) is 36.8 Å². The van der Waals surface area contributed by atoms with E-state index in [9.17, 15) is 5.21 Å². The van der Waals surface area contributed by atoms with E-state index in [1.54, 1.807) is 23.5 Å². The fraction of sp³-hybridized carbons (Fsp3) is 0.250. The molecule has 0 aliphatic rings. The number of benzene rings is 1. The third kappa shape index (κ3) is 3.75. The van der Waals surface area contributed by atoms with Crippen LogP contribution in [-0.2, 0) is 0 Å². The van der Waals surface area contributed by atoms with Gasteiger partial charge in [0, 0.05) is 30.9 Å². The van der Waals surface area contributed by atoms with E-state index in [1.165, 1.54) is 0 Å². The van der Waals surface area contributed by atoms with Gasteiger partial charge in [0.1, 0.15) is 5.71 Å². The Kier molecular flexibility index (Phi) is 5.74. The van der Waals surface area contributed by atoms with E-state index in [-0.39, 0.29) is 0 Å². The molecule has 2 aromatic rings. The molecule has 0 bridgehead atoms. The molecular weight excluding hydrogens is 314 g/mol. The minimum atomic E-state index is 0.553. The van der Waals surface area contributed by atoms with Gasteiger partial charge in [-0.1, -0.05) is 17.3 Å². The van der Waals surface area contributed by atoms with E-state index < -0.39 is 0 Å². The molecule has 0 spiro atoms. The Bertz CT molecular complexity index is 665. The number of oxime groups is 1. The summed E-state index contributed by atoms with van der Waals surface area (Å²) in [7, 11) is 3.97. The molecule has 4 nitrogen and oxygen atoms in total. The number of rotatable bonds is 5. The number of thioether (sulfide) groups is 2. The van der Waals surface area contributed by atoms with Crippen LogP contribution < -0.4 is 4.90 Å². The maximum Gasteiger partial charge on any atom is 0.117 e.